The summed E-state index contributed by atoms with van der Waals surface area (Å²) in [6.45, 7) is 3.95. The predicted octanol–water partition coefficient (Wildman–Crippen LogP) is 3.65. The Morgan fingerprint density at radius 3 is 2.00 bits per heavy atom. The standard InChI is InChI=1S/C19H21NO4/c1-12(13-6-8-14(22-3)9-7-13)19(21)17-15(23-4)10-11-16(24-5)18(17)20-2/h6-11,20H,1H2,2-5H3. The van der Waals surface area contributed by atoms with Gasteiger partial charge in [-0.2, -0.15) is 0 Å². The van der Waals surface area contributed by atoms with Gasteiger partial charge < -0.3 is 19.5 Å². The van der Waals surface area contributed by atoms with Crippen molar-refractivity contribution in [2.24, 2.45) is 0 Å². The zero-order chi connectivity index (χ0) is 17.7. The molecule has 126 valence electrons. The summed E-state index contributed by atoms with van der Waals surface area (Å²) >= 11 is 0. The third-order valence-electron chi connectivity index (χ3n) is 3.76. The Kier molecular flexibility index (Phi) is 5.47. The lowest BCUT2D eigenvalue weighted by molar-refractivity contribution is 0.105. The van der Waals surface area contributed by atoms with Gasteiger partial charge in [0.1, 0.15) is 17.2 Å². The van der Waals surface area contributed by atoms with Crippen molar-refractivity contribution in [1.82, 2.24) is 0 Å². The maximum absolute atomic E-state index is 13.0. The summed E-state index contributed by atoms with van der Waals surface area (Å²) in [7, 11) is 6.39. The van der Waals surface area contributed by atoms with Crippen LogP contribution in [0.4, 0.5) is 5.69 Å². The van der Waals surface area contributed by atoms with Crippen LogP contribution in [-0.4, -0.2) is 34.2 Å². The Morgan fingerprint density at radius 1 is 0.917 bits per heavy atom. The fraction of sp³-hybridized carbons (Fsp3) is 0.211. The average Bonchev–Trinajstić information content (AvgIpc) is 2.65. The van der Waals surface area contributed by atoms with Gasteiger partial charge in [0.05, 0.1) is 32.6 Å². The molecule has 0 radical (unpaired) electrons. The summed E-state index contributed by atoms with van der Waals surface area (Å²) in [6, 6.07) is 10.6. The minimum absolute atomic E-state index is 0.236. The molecule has 0 bridgehead atoms. The zero-order valence-electron chi connectivity index (χ0n) is 14.3. The highest BCUT2D eigenvalue weighted by molar-refractivity contribution is 6.31. The van der Waals surface area contributed by atoms with Crippen LogP contribution in [-0.2, 0) is 0 Å². The largest absolute Gasteiger partial charge is 0.497 e. The lowest BCUT2D eigenvalue weighted by Crippen LogP contribution is -2.09. The number of ketones is 1. The van der Waals surface area contributed by atoms with Crippen molar-refractivity contribution in [3.8, 4) is 17.2 Å². The van der Waals surface area contributed by atoms with E-state index >= 15 is 0 Å². The summed E-state index contributed by atoms with van der Waals surface area (Å²) in [4.78, 5) is 13.0. The number of hydrogen-bond donors (Lipinski definition) is 1. The van der Waals surface area contributed by atoms with E-state index in [1.807, 2.05) is 0 Å². The molecule has 0 unspecified atom stereocenters. The number of carbonyl (C=O) groups excluding carboxylic acids is 1. The van der Waals surface area contributed by atoms with E-state index in [0.29, 0.717) is 39.6 Å². The maximum atomic E-state index is 13.0. The third-order valence-corrected chi connectivity index (χ3v) is 3.76. The number of carbonyl (C=O) groups is 1. The molecule has 0 aromatic heterocycles. The van der Waals surface area contributed by atoms with Gasteiger partial charge >= 0.3 is 0 Å². The number of allylic oxidation sites excluding steroid dienone is 1. The number of anilines is 1. The molecule has 0 amide bonds. The smallest absolute Gasteiger partial charge is 0.198 e. The Hall–Kier alpha value is -2.95. The van der Waals surface area contributed by atoms with Crippen LogP contribution < -0.4 is 19.5 Å². The van der Waals surface area contributed by atoms with Crippen LogP contribution in [0.2, 0.25) is 0 Å². The van der Waals surface area contributed by atoms with Crippen LogP contribution in [0.25, 0.3) is 5.57 Å². The van der Waals surface area contributed by atoms with E-state index in [1.165, 1.54) is 7.11 Å². The number of nitrogens with one attached hydrogen (secondary N) is 1. The molecular weight excluding hydrogens is 306 g/mol. The molecule has 2 rings (SSSR count). The zero-order valence-corrected chi connectivity index (χ0v) is 14.3. The quantitative estimate of drug-likeness (QED) is 0.621. The van der Waals surface area contributed by atoms with E-state index in [2.05, 4.69) is 11.9 Å². The number of methoxy groups -OCH3 is 3. The minimum Gasteiger partial charge on any atom is -0.497 e. The van der Waals surface area contributed by atoms with Crippen LogP contribution in [0.3, 0.4) is 0 Å². The first-order valence-electron chi connectivity index (χ1n) is 7.38. The molecule has 0 aliphatic heterocycles. The van der Waals surface area contributed by atoms with Gasteiger partial charge in [0.2, 0.25) is 0 Å². The van der Waals surface area contributed by atoms with Gasteiger partial charge in [0.15, 0.2) is 5.78 Å². The second kappa shape index (κ2) is 7.55. The number of ether oxygens (including phenoxy) is 3. The number of Topliss-reactive ketones (excluding diaryl/α,β-unsaturated/α-hetero) is 1. The summed E-state index contributed by atoms with van der Waals surface area (Å²) in [5, 5.41) is 3.01. The molecule has 0 saturated heterocycles. The van der Waals surface area contributed by atoms with Crippen molar-refractivity contribution in [3.63, 3.8) is 0 Å². The summed E-state index contributed by atoms with van der Waals surface area (Å²) in [5.74, 6) is 1.50. The van der Waals surface area contributed by atoms with Crippen molar-refractivity contribution < 1.29 is 19.0 Å². The van der Waals surface area contributed by atoms with Crippen LogP contribution >= 0.6 is 0 Å². The highest BCUT2D eigenvalue weighted by Gasteiger charge is 2.23. The van der Waals surface area contributed by atoms with Gasteiger partial charge in [0, 0.05) is 12.6 Å². The summed E-state index contributed by atoms with van der Waals surface area (Å²) in [6.07, 6.45) is 0. The molecule has 0 heterocycles. The fourth-order valence-electron chi connectivity index (χ4n) is 2.45. The molecule has 0 aliphatic carbocycles. The molecule has 0 fully saturated rings. The lowest BCUT2D eigenvalue weighted by Gasteiger charge is -2.17. The van der Waals surface area contributed by atoms with Gasteiger partial charge in [-0.25, -0.2) is 0 Å². The van der Waals surface area contributed by atoms with Gasteiger partial charge in [-0.15, -0.1) is 0 Å². The molecule has 0 saturated carbocycles. The van der Waals surface area contributed by atoms with Gasteiger partial charge in [-0.05, 0) is 29.8 Å². The molecule has 2 aromatic rings. The Labute approximate surface area is 141 Å². The SMILES string of the molecule is C=C(C(=O)c1c(OC)ccc(OC)c1NC)c1ccc(OC)cc1. The molecule has 0 atom stereocenters. The third kappa shape index (κ3) is 3.20. The Morgan fingerprint density at radius 2 is 1.50 bits per heavy atom. The van der Waals surface area contributed by atoms with Crippen molar-refractivity contribution in [2.75, 3.05) is 33.7 Å². The second-order valence-corrected chi connectivity index (χ2v) is 5.01. The van der Waals surface area contributed by atoms with Crippen molar-refractivity contribution in [3.05, 3.63) is 54.1 Å². The van der Waals surface area contributed by atoms with Crippen LogP contribution in [0.1, 0.15) is 15.9 Å². The van der Waals surface area contributed by atoms with Crippen LogP contribution in [0.5, 0.6) is 17.2 Å². The highest BCUT2D eigenvalue weighted by Crippen LogP contribution is 2.37. The Bertz CT molecular complexity index is 751. The van der Waals surface area contributed by atoms with Crippen LogP contribution in [0, 0.1) is 0 Å². The molecule has 0 spiro atoms. The molecule has 5 heteroatoms. The first kappa shape index (κ1) is 17.4. The van der Waals surface area contributed by atoms with Crippen LogP contribution in [0.15, 0.2) is 43.0 Å². The van der Waals surface area contributed by atoms with Crippen molar-refractivity contribution in [2.45, 2.75) is 0 Å². The van der Waals surface area contributed by atoms with Crippen molar-refractivity contribution >= 4 is 17.0 Å². The van der Waals surface area contributed by atoms with E-state index in [9.17, 15) is 4.79 Å². The number of rotatable bonds is 7. The molecular formula is C19H21NO4. The monoisotopic (exact) mass is 327 g/mol. The summed E-state index contributed by atoms with van der Waals surface area (Å²) < 4.78 is 15.8. The van der Waals surface area contributed by atoms with Crippen molar-refractivity contribution in [1.29, 1.82) is 0 Å². The first-order chi connectivity index (χ1) is 11.6. The lowest BCUT2D eigenvalue weighted by atomic mass is 9.96. The van der Waals surface area contributed by atoms with E-state index < -0.39 is 0 Å². The molecule has 1 N–H and O–H groups in total. The van der Waals surface area contributed by atoms with E-state index in [1.54, 1.807) is 57.7 Å². The highest BCUT2D eigenvalue weighted by atomic mass is 16.5. The Balaban J connectivity index is 2.49. The van der Waals surface area contributed by atoms with Gasteiger partial charge in [0.25, 0.3) is 0 Å². The fourth-order valence-corrected chi connectivity index (χ4v) is 2.45. The normalized spacial score (nSPS) is 10.0. The first-order valence-corrected chi connectivity index (χ1v) is 7.38. The van der Waals surface area contributed by atoms with E-state index in [-0.39, 0.29) is 5.78 Å². The van der Waals surface area contributed by atoms with E-state index in [4.69, 9.17) is 14.2 Å². The summed E-state index contributed by atoms with van der Waals surface area (Å²) in [5.41, 5.74) is 2.03. The molecule has 2 aromatic carbocycles. The molecule has 5 nitrogen and oxygen atoms in total. The average molecular weight is 327 g/mol. The number of benzene rings is 2. The molecule has 0 aliphatic rings. The van der Waals surface area contributed by atoms with Gasteiger partial charge in [-0.1, -0.05) is 18.7 Å². The van der Waals surface area contributed by atoms with E-state index in [0.717, 1.165) is 0 Å². The number of hydrogen-bond acceptors (Lipinski definition) is 5. The topological polar surface area (TPSA) is 56.8 Å². The maximum Gasteiger partial charge on any atom is 0.198 e. The predicted molar refractivity (Wildman–Crippen MR) is 95.5 cm³/mol. The molecule has 24 heavy (non-hydrogen) atoms. The minimum atomic E-state index is -0.236. The van der Waals surface area contributed by atoms with Gasteiger partial charge in [-0.3, -0.25) is 4.79 Å². The second-order valence-electron chi connectivity index (χ2n) is 5.01.